The summed E-state index contributed by atoms with van der Waals surface area (Å²) >= 11 is 0. The van der Waals surface area contributed by atoms with E-state index < -0.39 is 5.97 Å². The van der Waals surface area contributed by atoms with E-state index >= 15 is 0 Å². The molecule has 5 heteroatoms. The van der Waals surface area contributed by atoms with Crippen molar-refractivity contribution in [1.29, 1.82) is 0 Å². The van der Waals surface area contributed by atoms with E-state index in [1.165, 1.54) is 7.11 Å². The molecule has 2 aromatic rings. The Morgan fingerprint density at radius 1 is 1.21 bits per heavy atom. The third-order valence-corrected chi connectivity index (χ3v) is 4.30. The molecule has 1 aromatic carbocycles. The summed E-state index contributed by atoms with van der Waals surface area (Å²) < 4.78 is 4.84. The minimum Gasteiger partial charge on any atom is -0.465 e. The van der Waals surface area contributed by atoms with Gasteiger partial charge in [-0.05, 0) is 37.0 Å². The summed E-state index contributed by atoms with van der Waals surface area (Å²) in [7, 11) is 3.11. The molecule has 0 unspecified atom stereocenters. The molecule has 1 N–H and O–H groups in total. The molecule has 0 saturated carbocycles. The maximum Gasteiger partial charge on any atom is 0.339 e. The number of carbonyl (C=O) groups is 2. The number of aromatic nitrogens is 1. The van der Waals surface area contributed by atoms with Crippen molar-refractivity contribution < 1.29 is 14.3 Å². The highest BCUT2D eigenvalue weighted by molar-refractivity contribution is 6.00. The van der Waals surface area contributed by atoms with Gasteiger partial charge in [0.25, 0.3) is 5.91 Å². The molecule has 0 aliphatic rings. The molecule has 0 radical (unpaired) electrons. The van der Waals surface area contributed by atoms with Crippen molar-refractivity contribution in [3.05, 3.63) is 57.9 Å². The van der Waals surface area contributed by atoms with Crippen molar-refractivity contribution >= 4 is 11.9 Å². The van der Waals surface area contributed by atoms with Crippen molar-refractivity contribution in [3.63, 3.8) is 0 Å². The van der Waals surface area contributed by atoms with E-state index in [-0.39, 0.29) is 5.91 Å². The van der Waals surface area contributed by atoms with Gasteiger partial charge in [-0.3, -0.25) is 4.79 Å². The van der Waals surface area contributed by atoms with E-state index in [9.17, 15) is 9.59 Å². The van der Waals surface area contributed by atoms with Crippen molar-refractivity contribution in [3.8, 4) is 0 Å². The minimum absolute atomic E-state index is 0.138. The van der Waals surface area contributed by atoms with Crippen LogP contribution in [0.3, 0.4) is 0 Å². The molecular weight excluding hydrogens is 304 g/mol. The number of nitrogens with one attached hydrogen (secondary N) is 1. The summed E-state index contributed by atoms with van der Waals surface area (Å²) in [5, 5.41) is 0. The van der Waals surface area contributed by atoms with Crippen LogP contribution in [0, 0.1) is 13.8 Å². The summed E-state index contributed by atoms with van der Waals surface area (Å²) in [5.74, 6) is -0.554. The summed E-state index contributed by atoms with van der Waals surface area (Å²) in [6.07, 6.45) is 0.625. The Kier molecular flexibility index (Phi) is 5.44. The van der Waals surface area contributed by atoms with Gasteiger partial charge in [-0.25, -0.2) is 4.79 Å². The molecule has 1 aromatic heterocycles. The number of hydrogen-bond donors (Lipinski definition) is 1. The predicted molar refractivity (Wildman–Crippen MR) is 93.2 cm³/mol. The zero-order valence-corrected chi connectivity index (χ0v) is 14.9. The molecule has 5 nitrogen and oxygen atoms in total. The number of H-pyrrole nitrogens is 1. The standard InChI is InChI=1S/C19H24N2O3/c1-6-15-16(19(23)24-5)13(3)17(20-15)18(22)21(4)11-14-10-8-7-9-12(14)2/h7-10,20H,6,11H2,1-5H3. The van der Waals surface area contributed by atoms with Crippen LogP contribution in [0.5, 0.6) is 0 Å². The number of carbonyl (C=O) groups excluding carboxylic acids is 2. The largest absolute Gasteiger partial charge is 0.465 e. The van der Waals surface area contributed by atoms with E-state index in [1.54, 1.807) is 18.9 Å². The number of aromatic amines is 1. The number of aryl methyl sites for hydroxylation is 2. The van der Waals surface area contributed by atoms with Gasteiger partial charge in [0.2, 0.25) is 0 Å². The zero-order valence-electron chi connectivity index (χ0n) is 14.9. The number of benzene rings is 1. The van der Waals surface area contributed by atoms with Crippen LogP contribution >= 0.6 is 0 Å². The molecule has 1 heterocycles. The van der Waals surface area contributed by atoms with Crippen molar-refractivity contribution in [2.45, 2.75) is 33.7 Å². The molecular formula is C19H24N2O3. The molecule has 24 heavy (non-hydrogen) atoms. The number of nitrogens with zero attached hydrogens (tertiary/aromatic N) is 1. The van der Waals surface area contributed by atoms with E-state index in [1.807, 2.05) is 38.1 Å². The highest BCUT2D eigenvalue weighted by Crippen LogP contribution is 2.22. The predicted octanol–water partition coefficient (Wildman–Crippen LogP) is 3.25. The van der Waals surface area contributed by atoms with E-state index in [0.717, 1.165) is 16.8 Å². The zero-order chi connectivity index (χ0) is 17.9. The Labute approximate surface area is 142 Å². The van der Waals surface area contributed by atoms with Gasteiger partial charge in [0.15, 0.2) is 0 Å². The highest BCUT2D eigenvalue weighted by Gasteiger charge is 2.25. The molecule has 1 amide bonds. The number of esters is 1. The maximum absolute atomic E-state index is 12.8. The van der Waals surface area contributed by atoms with Gasteiger partial charge in [-0.2, -0.15) is 0 Å². The highest BCUT2D eigenvalue weighted by atomic mass is 16.5. The average molecular weight is 328 g/mol. The Morgan fingerprint density at radius 3 is 2.46 bits per heavy atom. The van der Waals surface area contributed by atoms with Crippen LogP contribution in [0.4, 0.5) is 0 Å². The average Bonchev–Trinajstić information content (AvgIpc) is 2.92. The monoisotopic (exact) mass is 328 g/mol. The number of hydrogen-bond acceptors (Lipinski definition) is 3. The second-order valence-corrected chi connectivity index (χ2v) is 5.91. The van der Waals surface area contributed by atoms with Crippen LogP contribution in [-0.2, 0) is 17.7 Å². The fraction of sp³-hybridized carbons (Fsp3) is 0.368. The first kappa shape index (κ1) is 17.8. The topological polar surface area (TPSA) is 62.4 Å². The minimum atomic E-state index is -0.416. The molecule has 0 spiro atoms. The van der Waals surface area contributed by atoms with Gasteiger partial charge in [-0.1, -0.05) is 31.2 Å². The molecule has 128 valence electrons. The second kappa shape index (κ2) is 7.34. The Morgan fingerprint density at radius 2 is 1.88 bits per heavy atom. The lowest BCUT2D eigenvalue weighted by Gasteiger charge is -2.18. The Hall–Kier alpha value is -2.56. The normalized spacial score (nSPS) is 10.5. The van der Waals surface area contributed by atoms with E-state index in [4.69, 9.17) is 4.74 Å². The van der Waals surface area contributed by atoms with Crippen LogP contribution in [0.2, 0.25) is 0 Å². The molecule has 2 rings (SSSR count). The third-order valence-electron chi connectivity index (χ3n) is 4.30. The molecule has 0 fully saturated rings. The van der Waals surface area contributed by atoms with Crippen molar-refractivity contribution in [1.82, 2.24) is 9.88 Å². The third kappa shape index (κ3) is 3.35. The second-order valence-electron chi connectivity index (χ2n) is 5.91. The van der Waals surface area contributed by atoms with Gasteiger partial charge in [0.05, 0.1) is 12.7 Å². The molecule has 0 bridgehead atoms. The molecule has 0 saturated heterocycles. The first-order valence-corrected chi connectivity index (χ1v) is 8.00. The summed E-state index contributed by atoms with van der Waals surface area (Å²) in [5.41, 5.74) is 4.52. The van der Waals surface area contributed by atoms with Gasteiger partial charge in [0, 0.05) is 19.3 Å². The first-order valence-electron chi connectivity index (χ1n) is 8.00. The Bertz CT molecular complexity index is 762. The van der Waals surface area contributed by atoms with Crippen LogP contribution < -0.4 is 0 Å². The quantitative estimate of drug-likeness (QED) is 0.857. The summed E-state index contributed by atoms with van der Waals surface area (Å²) in [6, 6.07) is 7.98. The van der Waals surface area contributed by atoms with Gasteiger partial charge < -0.3 is 14.6 Å². The van der Waals surface area contributed by atoms with Gasteiger partial charge in [-0.15, -0.1) is 0 Å². The number of methoxy groups -OCH3 is 1. The lowest BCUT2D eigenvalue weighted by Crippen LogP contribution is -2.27. The van der Waals surface area contributed by atoms with Crippen molar-refractivity contribution in [2.75, 3.05) is 14.2 Å². The van der Waals surface area contributed by atoms with Crippen molar-refractivity contribution in [2.24, 2.45) is 0 Å². The lowest BCUT2D eigenvalue weighted by molar-refractivity contribution is 0.0599. The SMILES string of the molecule is CCc1[nH]c(C(=O)N(C)Cc2ccccc2C)c(C)c1C(=O)OC. The van der Waals surface area contributed by atoms with Crippen LogP contribution in [0.1, 0.15) is 50.2 Å². The smallest absolute Gasteiger partial charge is 0.339 e. The first-order chi connectivity index (χ1) is 11.4. The fourth-order valence-electron chi connectivity index (χ4n) is 2.82. The summed E-state index contributed by atoms with van der Waals surface area (Å²) in [6.45, 7) is 6.25. The molecule has 0 atom stereocenters. The fourth-order valence-corrected chi connectivity index (χ4v) is 2.82. The van der Waals surface area contributed by atoms with Gasteiger partial charge in [0.1, 0.15) is 5.69 Å². The van der Waals surface area contributed by atoms with E-state index in [2.05, 4.69) is 4.98 Å². The number of ether oxygens (including phenoxy) is 1. The lowest BCUT2D eigenvalue weighted by atomic mass is 10.1. The van der Waals surface area contributed by atoms with E-state index in [0.29, 0.717) is 29.8 Å². The van der Waals surface area contributed by atoms with Crippen LogP contribution in [0.25, 0.3) is 0 Å². The Balaban J connectivity index is 2.31. The summed E-state index contributed by atoms with van der Waals surface area (Å²) in [4.78, 5) is 29.6. The maximum atomic E-state index is 12.8. The van der Waals surface area contributed by atoms with Gasteiger partial charge >= 0.3 is 5.97 Å². The molecule has 0 aliphatic heterocycles. The van der Waals surface area contributed by atoms with Crippen LogP contribution in [0.15, 0.2) is 24.3 Å². The number of rotatable bonds is 5. The number of amides is 1. The van der Waals surface area contributed by atoms with Crippen LogP contribution in [-0.4, -0.2) is 35.9 Å². The molecule has 0 aliphatic carbocycles.